The number of aryl methyl sites for hydroxylation is 3. The number of aliphatic hydroxyl groups is 2. The third-order valence-electron chi connectivity index (χ3n) is 23.8. The molecule has 0 amide bonds. The Balaban J connectivity index is 0.000000169. The number of anilines is 3. The minimum Gasteiger partial charge on any atom is -0.461 e. The number of ether oxygens (including phenoxy) is 5. The van der Waals surface area contributed by atoms with Gasteiger partial charge in [-0.3, -0.25) is 28.4 Å². The molecule has 0 bridgehead atoms. The van der Waals surface area contributed by atoms with Gasteiger partial charge in [-0.2, -0.15) is 0 Å². The molecule has 15 rings (SSSR count). The van der Waals surface area contributed by atoms with Gasteiger partial charge >= 0.3 is 26.0 Å². The van der Waals surface area contributed by atoms with E-state index in [2.05, 4.69) is 76.2 Å². The topological polar surface area (TPSA) is 350 Å². The lowest BCUT2D eigenvalue weighted by atomic mass is 9.85. The second-order valence-electron chi connectivity index (χ2n) is 33.1. The van der Waals surface area contributed by atoms with E-state index in [1.807, 2.05) is 115 Å². The number of hydrogen-bond acceptors (Lipinski definition) is 28. The summed E-state index contributed by atoms with van der Waals surface area (Å²) in [4.78, 5) is 97.6. The lowest BCUT2D eigenvalue weighted by Gasteiger charge is -2.26. The van der Waals surface area contributed by atoms with Crippen molar-refractivity contribution in [2.75, 3.05) is 49.5 Å². The molecular formula is C90H109B2Cl3FN11O14S3. The van der Waals surface area contributed by atoms with E-state index in [0.717, 1.165) is 93.0 Å². The van der Waals surface area contributed by atoms with Crippen LogP contribution < -0.4 is 26.4 Å². The van der Waals surface area contributed by atoms with Crippen molar-refractivity contribution in [2.45, 2.75) is 213 Å². The molecule has 3 aliphatic carbocycles. The molecule has 9 aromatic rings. The monoisotopic (exact) mass is 1810 g/mol. The maximum atomic E-state index is 13.9. The maximum absolute atomic E-state index is 13.9. The zero-order valence-corrected chi connectivity index (χ0v) is 76.1. The Morgan fingerprint density at radius 2 is 0.839 bits per heavy atom. The highest BCUT2D eigenvalue weighted by molar-refractivity contribution is 7.15. The minimum atomic E-state index is -1.00. The van der Waals surface area contributed by atoms with E-state index in [9.17, 15) is 48.6 Å². The fourth-order valence-corrected chi connectivity index (χ4v) is 21.0. The van der Waals surface area contributed by atoms with Crippen molar-refractivity contribution in [3.63, 3.8) is 0 Å². The second kappa shape index (κ2) is 43.6. The van der Waals surface area contributed by atoms with Gasteiger partial charge in [0, 0.05) is 91.8 Å². The van der Waals surface area contributed by atoms with Gasteiger partial charge in [0.1, 0.15) is 79.0 Å². The lowest BCUT2D eigenvalue weighted by molar-refractivity contribution is -0.155. The first-order valence-electron chi connectivity index (χ1n) is 42.9. The van der Waals surface area contributed by atoms with Crippen LogP contribution >= 0.6 is 68.8 Å². The number of nitrogens with one attached hydrogen (secondary N) is 5. The summed E-state index contributed by atoms with van der Waals surface area (Å²) in [7, 11) is -2.70. The van der Waals surface area contributed by atoms with Crippen LogP contribution in [-0.2, 0) is 52.5 Å². The van der Waals surface area contributed by atoms with Gasteiger partial charge in [-0.1, -0.05) is 101 Å². The summed E-state index contributed by atoms with van der Waals surface area (Å²) in [5.74, 6) is 0.0448. The lowest BCUT2D eigenvalue weighted by Crippen LogP contribution is -2.49. The quantitative estimate of drug-likeness (QED) is 0.0125. The number of hydrogen-bond donors (Lipinski definition) is 9. The number of rotatable bonds is 28. The zero-order valence-electron chi connectivity index (χ0n) is 72.4. The average molecular weight is 1810 g/mol. The number of ketones is 3. The van der Waals surface area contributed by atoms with Crippen molar-refractivity contribution in [1.82, 2.24) is 40.4 Å². The summed E-state index contributed by atoms with van der Waals surface area (Å²) in [6.45, 7) is 22.5. The predicted molar refractivity (Wildman–Crippen MR) is 484 cm³/mol. The number of esters is 2. The third kappa shape index (κ3) is 22.9. The molecule has 34 heteroatoms. The van der Waals surface area contributed by atoms with Crippen LogP contribution in [0.1, 0.15) is 223 Å². The van der Waals surface area contributed by atoms with Crippen LogP contribution in [0.2, 0.25) is 28.7 Å². The fraction of sp³-hybridized carbons (Fsp3) is 0.478. The number of aromatic nitrogens is 6. The van der Waals surface area contributed by atoms with Crippen molar-refractivity contribution < 1.29 is 73.7 Å². The van der Waals surface area contributed by atoms with Crippen LogP contribution in [0.3, 0.4) is 0 Å². The summed E-state index contributed by atoms with van der Waals surface area (Å²) in [5.41, 5.74) is 10.8. The smallest absolute Gasteiger partial charge is 0.374 e. The summed E-state index contributed by atoms with van der Waals surface area (Å²) in [6, 6.07) is 22.0. The fourth-order valence-electron chi connectivity index (χ4n) is 17.4. The number of thiophene rings is 3. The number of nitrogens with zero attached hydrogens (tertiary/aromatic N) is 6. The Morgan fingerprint density at radius 1 is 0.516 bits per heavy atom. The number of halogens is 4. The van der Waals surface area contributed by atoms with Crippen LogP contribution in [0.15, 0.2) is 110 Å². The van der Waals surface area contributed by atoms with Gasteiger partial charge in [-0.05, 0) is 214 Å². The van der Waals surface area contributed by atoms with Gasteiger partial charge in [0.25, 0.3) is 0 Å². The molecule has 3 aliphatic heterocycles. The predicted octanol–water partition coefficient (Wildman–Crippen LogP) is 15.8. The highest BCUT2D eigenvalue weighted by Crippen LogP contribution is 2.45. The van der Waals surface area contributed by atoms with Gasteiger partial charge in [-0.15, -0.1) is 34.0 Å². The van der Waals surface area contributed by atoms with E-state index in [-0.39, 0.29) is 108 Å². The number of carbonyl (C=O) groups excluding carboxylic acids is 5. The Kier molecular flexibility index (Phi) is 32.9. The molecule has 3 fully saturated rings. The molecule has 6 aliphatic rings. The van der Waals surface area contributed by atoms with Crippen molar-refractivity contribution >= 4 is 130 Å². The van der Waals surface area contributed by atoms with E-state index >= 15 is 0 Å². The molecule has 25 nitrogen and oxygen atoms in total. The van der Waals surface area contributed by atoms with Crippen molar-refractivity contribution in [3.05, 3.63) is 221 Å². The number of alkyl halides is 1. The molecule has 3 aromatic carbocycles. The van der Waals surface area contributed by atoms with Crippen molar-refractivity contribution in [1.29, 1.82) is 0 Å². The number of aliphatic hydroxyl groups excluding tert-OH is 2. The molecule has 6 aromatic heterocycles. The number of benzene rings is 3. The van der Waals surface area contributed by atoms with Gasteiger partial charge in [-0.25, -0.2) is 29.9 Å². The van der Waals surface area contributed by atoms with Crippen LogP contribution in [0.4, 0.5) is 21.8 Å². The van der Waals surface area contributed by atoms with E-state index in [1.165, 1.54) is 75.9 Å². The molecule has 9 heterocycles. The molecule has 14 atom stereocenters. The minimum absolute atomic E-state index is 0.0410. The number of carbonyl (C=O) groups is 5. The van der Waals surface area contributed by atoms with E-state index in [1.54, 1.807) is 26.0 Å². The van der Waals surface area contributed by atoms with E-state index in [0.29, 0.717) is 109 Å². The molecule has 0 radical (unpaired) electrons. The molecule has 0 saturated heterocycles. The Morgan fingerprint density at radius 3 is 1.15 bits per heavy atom. The van der Waals surface area contributed by atoms with Crippen LogP contribution in [-0.4, -0.2) is 176 Å². The molecule has 124 heavy (non-hydrogen) atoms. The van der Waals surface area contributed by atoms with E-state index < -0.39 is 45.4 Å². The largest absolute Gasteiger partial charge is 0.461 e. The second-order valence-corrected chi connectivity index (χ2v) is 38.2. The zero-order chi connectivity index (χ0) is 89.6. The Bertz CT molecular complexity index is 5030. The van der Waals surface area contributed by atoms with Crippen LogP contribution in [0.5, 0.6) is 0 Å². The summed E-state index contributed by atoms with van der Waals surface area (Å²) in [6.07, 6.45) is 15.0. The van der Waals surface area contributed by atoms with Crippen LogP contribution in [0, 0.1) is 50.4 Å². The summed E-state index contributed by atoms with van der Waals surface area (Å²) < 4.78 is 45.8. The first-order chi connectivity index (χ1) is 60.0. The molecule has 9 N–H and O–H groups in total. The molecular weight excluding hydrogens is 1700 g/mol. The van der Waals surface area contributed by atoms with Crippen LogP contribution in [0.25, 0.3) is 0 Å². The molecule has 3 saturated carbocycles. The summed E-state index contributed by atoms with van der Waals surface area (Å²) in [5, 5.41) is 57.8. The summed E-state index contributed by atoms with van der Waals surface area (Å²) >= 11 is 23.2. The number of fused-ring (bicyclic) bond motifs is 3. The normalized spacial score (nSPS) is 22.4. The standard InChI is InChI=1S/C32H40BClN4O5S.C31H38BClN4O6S.C26H28ClN3O3S.CH3F/c1-6-19-11-22(13-26(19)43-32(40)28(17(2)3)38-33(5)41)37-31-25(15-35-16-36-31)29(39)27-14-23(18(4)44-27)30-24-12-21(34)8-7-20(24)9-10-42-30;1-16(2)27(37-32(4)41)31(40)43-25-11-21(9-19(25)14-38)36-30-24(13-34-15-35-30)28(39)26-12-22(17(3)44-26)29-23-10-20(33)6-5-18(23)7-8-42-29;1-3-15-8-18(10-22(15)31)30-26-21(12-28-13-29-26)24(32)23-11-19(14(2)34-23)25-20-9-17(27)5-4-16(20)6-7-33-25;1-2/h7-8,12,14-17,19,22,26,28,30,38,41H,6,9-11,13H2,1-5H3,(H,35,36,37);5-6,10,12-13,15-16,19,21,25,27,29,37-38,41H,7-9,11,14H2,1-4H3,(H,34,35,36);4-5,9,11-13,15,18,22,25,31H,3,6-8,10H2,1-2H3,(H,28,29,30);1H3/t19-,22+,26-,28-,30-;19-,21-,25+,27+,29+;15-,18+,22-,25-;/m010./s1/i;;;1D. The highest BCUT2D eigenvalue weighted by atomic mass is 35.5. The molecule has 0 spiro atoms. The molecule has 660 valence electrons. The van der Waals surface area contributed by atoms with E-state index in [4.69, 9.17) is 59.9 Å². The highest BCUT2D eigenvalue weighted by Gasteiger charge is 2.43. The first kappa shape index (κ1) is 93.6. The van der Waals surface area contributed by atoms with Gasteiger partial charge < -0.3 is 70.4 Å². The maximum Gasteiger partial charge on any atom is 0.374 e. The van der Waals surface area contributed by atoms with Gasteiger partial charge in [0.15, 0.2) is 0 Å². The Labute approximate surface area is 752 Å². The van der Waals surface area contributed by atoms with Gasteiger partial charge in [0.2, 0.25) is 17.3 Å². The average Bonchev–Trinajstić information content (AvgIpc) is 1.68. The first-order valence-corrected chi connectivity index (χ1v) is 45.8. The third-order valence-corrected chi connectivity index (χ3v) is 27.7. The van der Waals surface area contributed by atoms with Crippen molar-refractivity contribution in [2.24, 2.45) is 29.6 Å². The Hall–Kier alpha value is -8.08. The SMILES string of the molecule is CB(O)N[C@H](C(=O)O[C@H]1C[C@H](Nc2ncncc2C(=O)c2cc([C@@H]3OCCc4ccc(Cl)cc43)c(C)s2)C[C@@H]1CO)C(C)C.CC[C@H]1C[C@@H](Nc2ncncc2C(=O)c2cc([C@@H]3OCCc4ccc(Cl)cc43)c(C)s2)C[C@@H]1O.CC[C@H]1C[C@@H](Nc2ncncc2C(=O)c2cc([C@@H]3OCCc4ccc(Cl)cc43)c(C)s2)C[C@@H]1OC(=O)[C@@H](NB(C)O)C(C)C.[2H]CF. The molecule has 0 unspecified atom stereocenters. The van der Waals surface area contributed by atoms with Crippen molar-refractivity contribution in [3.8, 4) is 0 Å². The van der Waals surface area contributed by atoms with Gasteiger partial charge in [0.05, 0.1) is 65.8 Å².